The Morgan fingerprint density at radius 2 is 1.62 bits per heavy atom. The fourth-order valence-corrected chi connectivity index (χ4v) is 4.23. The molecule has 2 aromatic rings. The molecule has 0 aliphatic carbocycles. The first-order valence-electron chi connectivity index (χ1n) is 10.4. The van der Waals surface area contributed by atoms with Gasteiger partial charge in [-0.1, -0.05) is 61.0 Å². The third-order valence-corrected chi connectivity index (χ3v) is 6.61. The van der Waals surface area contributed by atoms with Crippen LogP contribution in [-0.2, 0) is 26.2 Å². The standard InChI is InChI=1S/C23H30ClN3O4S/c1-5-17(2)25-23(29)18(3)26(15-19-11-7-6-8-12-19)22(28)16-27(32(4,30)31)21-14-10-9-13-20(21)24/h6-14,17-18H,5,15-16H2,1-4H3,(H,25,29)/t17-,18-/m1/s1. The van der Waals surface area contributed by atoms with Crippen LogP contribution < -0.4 is 9.62 Å². The summed E-state index contributed by atoms with van der Waals surface area (Å²) < 4.78 is 26.0. The van der Waals surface area contributed by atoms with Crippen molar-refractivity contribution in [3.05, 3.63) is 65.2 Å². The van der Waals surface area contributed by atoms with E-state index in [-0.39, 0.29) is 29.2 Å². The highest BCUT2D eigenvalue weighted by Gasteiger charge is 2.31. The molecular weight excluding hydrogens is 450 g/mol. The van der Waals surface area contributed by atoms with Crippen LogP contribution in [0, 0.1) is 0 Å². The molecule has 174 valence electrons. The average molecular weight is 480 g/mol. The molecular formula is C23H30ClN3O4S. The Morgan fingerprint density at radius 1 is 1.03 bits per heavy atom. The number of nitrogens with zero attached hydrogens (tertiary/aromatic N) is 2. The second-order valence-electron chi connectivity index (χ2n) is 7.72. The molecule has 2 rings (SSSR count). The fourth-order valence-electron chi connectivity index (χ4n) is 3.08. The van der Waals surface area contributed by atoms with E-state index in [0.717, 1.165) is 22.5 Å². The van der Waals surface area contributed by atoms with Crippen LogP contribution in [0.5, 0.6) is 0 Å². The molecule has 0 aliphatic heterocycles. The SMILES string of the molecule is CC[C@@H](C)NC(=O)[C@@H](C)N(Cc1ccccc1)C(=O)CN(c1ccccc1Cl)S(C)(=O)=O. The van der Waals surface area contributed by atoms with Crippen LogP contribution in [0.15, 0.2) is 54.6 Å². The van der Waals surface area contributed by atoms with Crippen LogP contribution >= 0.6 is 11.6 Å². The first-order chi connectivity index (χ1) is 15.0. The van der Waals surface area contributed by atoms with Crippen molar-refractivity contribution in [2.75, 3.05) is 17.1 Å². The maximum atomic E-state index is 13.4. The van der Waals surface area contributed by atoms with Gasteiger partial charge in [-0.3, -0.25) is 13.9 Å². The summed E-state index contributed by atoms with van der Waals surface area (Å²) in [6.07, 6.45) is 1.77. The monoisotopic (exact) mass is 479 g/mol. The summed E-state index contributed by atoms with van der Waals surface area (Å²) in [4.78, 5) is 27.6. The van der Waals surface area contributed by atoms with Gasteiger partial charge in [-0.15, -0.1) is 0 Å². The van der Waals surface area contributed by atoms with Crippen molar-refractivity contribution in [1.82, 2.24) is 10.2 Å². The lowest BCUT2D eigenvalue weighted by atomic mass is 10.1. The van der Waals surface area contributed by atoms with E-state index < -0.39 is 28.5 Å². The predicted molar refractivity (Wildman–Crippen MR) is 128 cm³/mol. The van der Waals surface area contributed by atoms with Gasteiger partial charge in [0.1, 0.15) is 12.6 Å². The summed E-state index contributed by atoms with van der Waals surface area (Å²) in [5.74, 6) is -0.807. The lowest BCUT2D eigenvalue weighted by molar-refractivity contribution is -0.139. The Morgan fingerprint density at radius 3 is 2.19 bits per heavy atom. The maximum Gasteiger partial charge on any atom is 0.244 e. The number of anilines is 1. The van der Waals surface area contributed by atoms with Crippen molar-refractivity contribution >= 4 is 39.1 Å². The van der Waals surface area contributed by atoms with Crippen molar-refractivity contribution in [3.63, 3.8) is 0 Å². The van der Waals surface area contributed by atoms with Crippen molar-refractivity contribution < 1.29 is 18.0 Å². The maximum absolute atomic E-state index is 13.4. The third kappa shape index (κ3) is 6.97. The number of halogens is 1. The topological polar surface area (TPSA) is 86.8 Å². The van der Waals surface area contributed by atoms with Crippen LogP contribution in [0.2, 0.25) is 5.02 Å². The Kier molecular flexibility index (Phi) is 9.09. The largest absolute Gasteiger partial charge is 0.352 e. The van der Waals surface area contributed by atoms with E-state index in [1.807, 2.05) is 44.2 Å². The Hall–Kier alpha value is -2.58. The van der Waals surface area contributed by atoms with Gasteiger partial charge in [-0.2, -0.15) is 0 Å². The molecule has 0 unspecified atom stereocenters. The average Bonchev–Trinajstić information content (AvgIpc) is 2.75. The molecule has 2 atom stereocenters. The van der Waals surface area contributed by atoms with E-state index in [9.17, 15) is 18.0 Å². The van der Waals surface area contributed by atoms with Gasteiger partial charge < -0.3 is 10.2 Å². The quantitative estimate of drug-likeness (QED) is 0.565. The molecule has 0 aromatic heterocycles. The smallest absolute Gasteiger partial charge is 0.244 e. The number of sulfonamides is 1. The molecule has 0 saturated heterocycles. The van der Waals surface area contributed by atoms with Gasteiger partial charge in [0.2, 0.25) is 21.8 Å². The molecule has 2 amide bonds. The predicted octanol–water partition coefficient (Wildman–Crippen LogP) is 3.44. The number of benzene rings is 2. The number of para-hydroxylation sites is 1. The first kappa shape index (κ1) is 25.7. The molecule has 7 nitrogen and oxygen atoms in total. The molecule has 0 radical (unpaired) electrons. The molecule has 2 aromatic carbocycles. The number of carbonyl (C=O) groups excluding carboxylic acids is 2. The summed E-state index contributed by atoms with van der Waals surface area (Å²) in [6, 6.07) is 14.8. The molecule has 32 heavy (non-hydrogen) atoms. The molecule has 0 aliphatic rings. The van der Waals surface area contributed by atoms with Crippen molar-refractivity contribution in [2.45, 2.75) is 45.8 Å². The van der Waals surface area contributed by atoms with Crippen LogP contribution in [-0.4, -0.2) is 50.0 Å². The van der Waals surface area contributed by atoms with E-state index in [2.05, 4.69) is 5.32 Å². The van der Waals surface area contributed by atoms with E-state index in [0.29, 0.717) is 0 Å². The molecule has 0 saturated carbocycles. The molecule has 1 N–H and O–H groups in total. The van der Waals surface area contributed by atoms with E-state index >= 15 is 0 Å². The Labute approximate surface area is 195 Å². The second-order valence-corrected chi connectivity index (χ2v) is 10.0. The molecule has 0 spiro atoms. The Bertz CT molecular complexity index is 1030. The molecule has 0 bridgehead atoms. The highest BCUT2D eigenvalue weighted by Crippen LogP contribution is 2.27. The molecule has 9 heteroatoms. The van der Waals surface area contributed by atoms with E-state index in [1.54, 1.807) is 25.1 Å². The summed E-state index contributed by atoms with van der Waals surface area (Å²) in [5, 5.41) is 3.10. The van der Waals surface area contributed by atoms with Gasteiger partial charge in [0, 0.05) is 12.6 Å². The van der Waals surface area contributed by atoms with E-state index in [1.165, 1.54) is 11.0 Å². The first-order valence-corrected chi connectivity index (χ1v) is 12.6. The van der Waals surface area contributed by atoms with Gasteiger partial charge in [0.15, 0.2) is 0 Å². The van der Waals surface area contributed by atoms with Crippen LogP contribution in [0.25, 0.3) is 0 Å². The van der Waals surface area contributed by atoms with Crippen LogP contribution in [0.3, 0.4) is 0 Å². The number of hydrogen-bond donors (Lipinski definition) is 1. The minimum atomic E-state index is -3.81. The van der Waals surface area contributed by atoms with Crippen molar-refractivity contribution in [1.29, 1.82) is 0 Å². The summed E-state index contributed by atoms with van der Waals surface area (Å²) in [5.41, 5.74) is 1.04. The minimum absolute atomic E-state index is 0.0470. The zero-order valence-electron chi connectivity index (χ0n) is 18.8. The van der Waals surface area contributed by atoms with Gasteiger partial charge in [0.05, 0.1) is 17.0 Å². The van der Waals surface area contributed by atoms with Crippen molar-refractivity contribution in [3.8, 4) is 0 Å². The summed E-state index contributed by atoms with van der Waals surface area (Å²) in [6.45, 7) is 5.16. The fraction of sp³-hybridized carbons (Fsp3) is 0.391. The number of nitrogens with one attached hydrogen (secondary N) is 1. The highest BCUT2D eigenvalue weighted by molar-refractivity contribution is 7.92. The summed E-state index contributed by atoms with van der Waals surface area (Å²) >= 11 is 6.21. The highest BCUT2D eigenvalue weighted by atomic mass is 35.5. The number of amides is 2. The zero-order chi connectivity index (χ0) is 23.9. The van der Waals surface area contributed by atoms with Gasteiger partial charge in [-0.25, -0.2) is 8.42 Å². The third-order valence-electron chi connectivity index (χ3n) is 5.16. The number of hydrogen-bond acceptors (Lipinski definition) is 4. The van der Waals surface area contributed by atoms with Crippen LogP contribution in [0.4, 0.5) is 5.69 Å². The van der Waals surface area contributed by atoms with Gasteiger partial charge in [0.25, 0.3) is 0 Å². The number of rotatable bonds is 10. The molecule has 0 heterocycles. The van der Waals surface area contributed by atoms with Gasteiger partial charge in [-0.05, 0) is 38.0 Å². The van der Waals surface area contributed by atoms with Gasteiger partial charge >= 0.3 is 0 Å². The van der Waals surface area contributed by atoms with Crippen LogP contribution in [0.1, 0.15) is 32.8 Å². The summed E-state index contributed by atoms with van der Waals surface area (Å²) in [7, 11) is -3.81. The number of carbonyl (C=O) groups is 2. The Balaban J connectivity index is 2.37. The minimum Gasteiger partial charge on any atom is -0.352 e. The molecule has 0 fully saturated rings. The lowest BCUT2D eigenvalue weighted by Gasteiger charge is -2.32. The normalized spacial score (nSPS) is 13.2. The van der Waals surface area contributed by atoms with E-state index in [4.69, 9.17) is 11.6 Å². The lowest BCUT2D eigenvalue weighted by Crippen LogP contribution is -2.52. The second kappa shape index (κ2) is 11.3. The van der Waals surface area contributed by atoms with Crippen molar-refractivity contribution in [2.24, 2.45) is 0 Å². The zero-order valence-corrected chi connectivity index (χ0v) is 20.4.